The maximum Gasteiger partial charge on any atom is 0.124 e. The van der Waals surface area contributed by atoms with E-state index in [0.717, 1.165) is 10.0 Å². The van der Waals surface area contributed by atoms with Gasteiger partial charge < -0.3 is 11.5 Å². The Kier molecular flexibility index (Phi) is 5.88. The van der Waals surface area contributed by atoms with Crippen LogP contribution in [0.2, 0.25) is 0 Å². The van der Waals surface area contributed by atoms with Crippen LogP contribution < -0.4 is 11.5 Å². The molecule has 1 rings (SSSR count). The van der Waals surface area contributed by atoms with Gasteiger partial charge in [-0.05, 0) is 30.8 Å². The highest BCUT2D eigenvalue weighted by molar-refractivity contribution is 9.10. The number of hydrogen-bond donors (Lipinski definition) is 2. The number of rotatable bonds is 1. The fourth-order valence-corrected chi connectivity index (χ4v) is 1.24. The minimum Gasteiger partial charge on any atom is -0.333 e. The lowest BCUT2D eigenvalue weighted by Gasteiger charge is -1.96. The fraction of sp³-hybridized carbons (Fsp3) is 0.250. The van der Waals surface area contributed by atoms with Crippen LogP contribution >= 0.6 is 15.9 Å². The van der Waals surface area contributed by atoms with Crippen molar-refractivity contribution < 1.29 is 4.39 Å². The van der Waals surface area contributed by atoms with E-state index < -0.39 is 0 Å². The van der Waals surface area contributed by atoms with Crippen molar-refractivity contribution in [3.63, 3.8) is 0 Å². The molecular formula is C8H12BrFN2. The van der Waals surface area contributed by atoms with E-state index in [9.17, 15) is 4.39 Å². The monoisotopic (exact) mass is 234 g/mol. The summed E-state index contributed by atoms with van der Waals surface area (Å²) in [5.74, 6) is -0.255. The highest BCUT2D eigenvalue weighted by atomic mass is 79.9. The Bertz CT molecular complexity index is 220. The SMILES string of the molecule is CN.NCc1cc(F)cc(Br)c1. The first-order valence-electron chi connectivity index (χ1n) is 3.45. The molecule has 1 aromatic carbocycles. The van der Waals surface area contributed by atoms with E-state index in [1.165, 1.54) is 19.2 Å². The van der Waals surface area contributed by atoms with Crippen LogP contribution in [-0.4, -0.2) is 7.05 Å². The van der Waals surface area contributed by atoms with Crippen molar-refractivity contribution in [2.45, 2.75) is 6.54 Å². The molecule has 0 aliphatic heterocycles. The maximum absolute atomic E-state index is 12.5. The molecule has 0 heterocycles. The summed E-state index contributed by atoms with van der Waals surface area (Å²) in [5.41, 5.74) is 10.6. The van der Waals surface area contributed by atoms with Crippen LogP contribution in [0, 0.1) is 5.82 Å². The molecule has 12 heavy (non-hydrogen) atoms. The van der Waals surface area contributed by atoms with Gasteiger partial charge >= 0.3 is 0 Å². The largest absolute Gasteiger partial charge is 0.333 e. The van der Waals surface area contributed by atoms with Gasteiger partial charge in [0.25, 0.3) is 0 Å². The first kappa shape index (κ1) is 11.6. The normalized spacial score (nSPS) is 8.75. The van der Waals surface area contributed by atoms with Crippen molar-refractivity contribution in [1.82, 2.24) is 0 Å². The van der Waals surface area contributed by atoms with Crippen LogP contribution in [0.1, 0.15) is 5.56 Å². The van der Waals surface area contributed by atoms with Crippen molar-refractivity contribution in [2.75, 3.05) is 7.05 Å². The number of hydrogen-bond acceptors (Lipinski definition) is 2. The Hall–Kier alpha value is -0.450. The summed E-state index contributed by atoms with van der Waals surface area (Å²) in [6.45, 7) is 0.371. The summed E-state index contributed by atoms with van der Waals surface area (Å²) in [6.07, 6.45) is 0. The van der Waals surface area contributed by atoms with E-state index >= 15 is 0 Å². The first-order valence-corrected chi connectivity index (χ1v) is 4.24. The van der Waals surface area contributed by atoms with Gasteiger partial charge in [0, 0.05) is 11.0 Å². The summed E-state index contributed by atoms with van der Waals surface area (Å²) in [4.78, 5) is 0. The topological polar surface area (TPSA) is 52.0 Å². The van der Waals surface area contributed by atoms with E-state index in [1.54, 1.807) is 6.07 Å². The fourth-order valence-electron chi connectivity index (χ4n) is 0.729. The molecule has 0 fully saturated rings. The zero-order valence-electron chi connectivity index (χ0n) is 6.85. The lowest BCUT2D eigenvalue weighted by molar-refractivity contribution is 0.624. The van der Waals surface area contributed by atoms with Crippen LogP contribution in [0.3, 0.4) is 0 Å². The van der Waals surface area contributed by atoms with Crippen LogP contribution in [-0.2, 0) is 6.54 Å². The number of halogens is 2. The molecule has 68 valence electrons. The van der Waals surface area contributed by atoms with Crippen LogP contribution in [0.5, 0.6) is 0 Å². The minimum absolute atomic E-state index is 0.255. The molecular weight excluding hydrogens is 223 g/mol. The Morgan fingerprint density at radius 2 is 1.92 bits per heavy atom. The van der Waals surface area contributed by atoms with E-state index in [4.69, 9.17) is 5.73 Å². The molecule has 1 aromatic rings. The van der Waals surface area contributed by atoms with Crippen molar-refractivity contribution in [3.8, 4) is 0 Å². The summed E-state index contributed by atoms with van der Waals surface area (Å²) < 4.78 is 13.3. The van der Waals surface area contributed by atoms with Crippen LogP contribution in [0.15, 0.2) is 22.7 Å². The van der Waals surface area contributed by atoms with Gasteiger partial charge in [-0.15, -0.1) is 0 Å². The maximum atomic E-state index is 12.5. The molecule has 4 N–H and O–H groups in total. The molecule has 0 bridgehead atoms. The zero-order valence-corrected chi connectivity index (χ0v) is 8.44. The van der Waals surface area contributed by atoms with Gasteiger partial charge in [0.15, 0.2) is 0 Å². The lowest BCUT2D eigenvalue weighted by Crippen LogP contribution is -1.96. The van der Waals surface area contributed by atoms with Gasteiger partial charge in [-0.2, -0.15) is 0 Å². The lowest BCUT2D eigenvalue weighted by atomic mass is 10.2. The van der Waals surface area contributed by atoms with Gasteiger partial charge in [0.05, 0.1) is 0 Å². The van der Waals surface area contributed by atoms with Crippen molar-refractivity contribution >= 4 is 15.9 Å². The summed E-state index contributed by atoms with van der Waals surface area (Å²) >= 11 is 3.16. The number of nitrogens with two attached hydrogens (primary N) is 2. The smallest absolute Gasteiger partial charge is 0.124 e. The van der Waals surface area contributed by atoms with Gasteiger partial charge in [-0.25, -0.2) is 4.39 Å². The average Bonchev–Trinajstić information content (AvgIpc) is 2.06. The Balaban J connectivity index is 0.000000561. The molecule has 4 heteroatoms. The molecule has 0 aliphatic carbocycles. The van der Waals surface area contributed by atoms with Gasteiger partial charge in [0.2, 0.25) is 0 Å². The molecule has 0 amide bonds. The van der Waals surface area contributed by atoms with Crippen molar-refractivity contribution in [3.05, 3.63) is 34.1 Å². The Morgan fingerprint density at radius 1 is 1.33 bits per heavy atom. The van der Waals surface area contributed by atoms with E-state index in [-0.39, 0.29) is 5.82 Å². The van der Waals surface area contributed by atoms with Gasteiger partial charge in [-0.1, -0.05) is 15.9 Å². The highest BCUT2D eigenvalue weighted by Gasteiger charge is 1.95. The molecule has 0 unspecified atom stereocenters. The quantitative estimate of drug-likeness (QED) is 0.777. The molecule has 0 saturated carbocycles. The molecule has 0 radical (unpaired) electrons. The standard InChI is InChI=1S/C7H7BrFN.CH5N/c8-6-1-5(4-10)2-7(9)3-6;1-2/h1-3H,4,10H2;2H2,1H3. The van der Waals surface area contributed by atoms with E-state index in [1.807, 2.05) is 0 Å². The average molecular weight is 235 g/mol. The zero-order chi connectivity index (χ0) is 9.56. The third-order valence-corrected chi connectivity index (χ3v) is 1.62. The van der Waals surface area contributed by atoms with Crippen molar-refractivity contribution in [2.24, 2.45) is 11.5 Å². The minimum atomic E-state index is -0.255. The first-order chi connectivity index (χ1) is 5.72. The van der Waals surface area contributed by atoms with Crippen LogP contribution in [0.25, 0.3) is 0 Å². The van der Waals surface area contributed by atoms with E-state index in [2.05, 4.69) is 21.7 Å². The van der Waals surface area contributed by atoms with Crippen LogP contribution in [0.4, 0.5) is 4.39 Å². The molecule has 0 aliphatic rings. The third-order valence-electron chi connectivity index (χ3n) is 1.16. The Labute approximate surface area is 79.9 Å². The second-order valence-electron chi connectivity index (χ2n) is 1.98. The third kappa shape index (κ3) is 3.80. The second kappa shape index (κ2) is 6.11. The molecule has 0 saturated heterocycles. The Morgan fingerprint density at radius 3 is 2.33 bits per heavy atom. The molecule has 2 nitrogen and oxygen atoms in total. The predicted molar refractivity (Wildman–Crippen MR) is 52.1 cm³/mol. The summed E-state index contributed by atoms with van der Waals surface area (Å²) in [5, 5.41) is 0. The summed E-state index contributed by atoms with van der Waals surface area (Å²) in [6, 6.07) is 4.62. The van der Waals surface area contributed by atoms with Gasteiger partial charge in [0.1, 0.15) is 5.82 Å². The molecule has 0 atom stereocenters. The molecule has 0 aromatic heterocycles. The van der Waals surface area contributed by atoms with Crippen molar-refractivity contribution in [1.29, 1.82) is 0 Å². The summed E-state index contributed by atoms with van der Waals surface area (Å²) in [7, 11) is 1.50. The van der Waals surface area contributed by atoms with E-state index in [0.29, 0.717) is 6.54 Å². The number of benzene rings is 1. The second-order valence-corrected chi connectivity index (χ2v) is 2.90. The molecule has 0 spiro atoms. The predicted octanol–water partition coefficient (Wildman–Crippen LogP) is 1.62. The highest BCUT2D eigenvalue weighted by Crippen LogP contribution is 2.13. The van der Waals surface area contributed by atoms with Gasteiger partial charge in [-0.3, -0.25) is 0 Å².